The normalized spacial score (nSPS) is 17.6. The van der Waals surface area contributed by atoms with Gasteiger partial charge in [0.1, 0.15) is 23.2 Å². The van der Waals surface area contributed by atoms with E-state index >= 15 is 0 Å². The summed E-state index contributed by atoms with van der Waals surface area (Å²) in [6.07, 6.45) is 3.11. The Labute approximate surface area is 200 Å². The Hall–Kier alpha value is -3.33. The molecule has 3 aromatic rings. The molecule has 1 N–H and O–H groups in total. The summed E-state index contributed by atoms with van der Waals surface area (Å²) in [5.41, 5.74) is 3.36. The zero-order valence-corrected chi connectivity index (χ0v) is 20.4. The topological polar surface area (TPSA) is 92.1 Å². The molecule has 34 heavy (non-hydrogen) atoms. The van der Waals surface area contributed by atoms with Crippen molar-refractivity contribution in [1.82, 2.24) is 30.0 Å². The van der Waals surface area contributed by atoms with Crippen molar-refractivity contribution in [2.75, 3.05) is 23.4 Å². The van der Waals surface area contributed by atoms with E-state index in [0.717, 1.165) is 72.3 Å². The van der Waals surface area contributed by atoms with Crippen LogP contribution in [0.5, 0.6) is 0 Å². The highest BCUT2D eigenvalue weighted by Gasteiger charge is 2.34. The van der Waals surface area contributed by atoms with Crippen molar-refractivity contribution in [2.24, 2.45) is 0 Å². The van der Waals surface area contributed by atoms with Gasteiger partial charge in [0.25, 0.3) is 5.91 Å². The maximum atomic E-state index is 13.6. The Balaban J connectivity index is 1.51. The molecule has 5 rings (SSSR count). The van der Waals surface area contributed by atoms with Gasteiger partial charge in [0.15, 0.2) is 5.82 Å². The van der Waals surface area contributed by atoms with Crippen LogP contribution in [0.2, 0.25) is 0 Å². The number of pyridine rings is 2. The van der Waals surface area contributed by atoms with E-state index in [0.29, 0.717) is 24.9 Å². The number of nitrogens with zero attached hydrogens (tertiary/aromatic N) is 7. The van der Waals surface area contributed by atoms with Crippen molar-refractivity contribution in [3.05, 3.63) is 46.9 Å². The number of hydrogen-bond donors (Lipinski definition) is 1. The van der Waals surface area contributed by atoms with Crippen LogP contribution in [-0.2, 0) is 26.1 Å². The van der Waals surface area contributed by atoms with Crippen LogP contribution in [-0.4, -0.2) is 50.3 Å². The molecular weight excluding hydrogens is 428 g/mol. The van der Waals surface area contributed by atoms with Gasteiger partial charge in [-0.2, -0.15) is 0 Å². The molecule has 1 saturated heterocycles. The Kier molecular flexibility index (Phi) is 6.03. The number of amides is 1. The fourth-order valence-electron chi connectivity index (χ4n) is 5.09. The molecule has 1 amide bonds. The Morgan fingerprint density at radius 3 is 2.71 bits per heavy atom. The average Bonchev–Trinajstić information content (AvgIpc) is 3.56. The van der Waals surface area contributed by atoms with Crippen molar-refractivity contribution in [3.63, 3.8) is 0 Å². The first-order valence-corrected chi connectivity index (χ1v) is 12.2. The van der Waals surface area contributed by atoms with Crippen LogP contribution in [0.4, 0.5) is 11.6 Å². The maximum Gasteiger partial charge on any atom is 0.260 e. The van der Waals surface area contributed by atoms with E-state index in [1.807, 2.05) is 31.3 Å². The molecule has 0 aromatic carbocycles. The van der Waals surface area contributed by atoms with Gasteiger partial charge in [0.05, 0.1) is 17.8 Å². The van der Waals surface area contributed by atoms with Crippen LogP contribution >= 0.6 is 0 Å². The molecule has 1 fully saturated rings. The van der Waals surface area contributed by atoms with Crippen molar-refractivity contribution >= 4 is 17.5 Å². The molecular formula is C25H32N8O. The van der Waals surface area contributed by atoms with Crippen molar-refractivity contribution < 1.29 is 4.79 Å². The Morgan fingerprint density at radius 1 is 1.15 bits per heavy atom. The second-order valence-corrected chi connectivity index (χ2v) is 8.98. The Bertz CT molecular complexity index is 1220. The third-order valence-electron chi connectivity index (χ3n) is 6.88. The molecule has 1 atom stereocenters. The van der Waals surface area contributed by atoms with Gasteiger partial charge in [0, 0.05) is 37.7 Å². The minimum Gasteiger partial charge on any atom is -0.354 e. The van der Waals surface area contributed by atoms with Gasteiger partial charge < -0.3 is 14.8 Å². The summed E-state index contributed by atoms with van der Waals surface area (Å²) in [6.45, 7) is 9.19. The first kappa shape index (κ1) is 22.5. The molecule has 3 aromatic heterocycles. The quantitative estimate of drug-likeness (QED) is 0.579. The number of fused-ring (bicyclic) bond motifs is 1. The highest BCUT2D eigenvalue weighted by molar-refractivity contribution is 6.10. The van der Waals surface area contributed by atoms with Crippen LogP contribution in [0.15, 0.2) is 24.3 Å². The highest BCUT2D eigenvalue weighted by atomic mass is 16.2. The van der Waals surface area contributed by atoms with Gasteiger partial charge in [0.2, 0.25) is 0 Å². The number of carbonyl (C=O) groups is 1. The van der Waals surface area contributed by atoms with E-state index < -0.39 is 0 Å². The molecule has 0 saturated carbocycles. The zero-order valence-electron chi connectivity index (χ0n) is 20.4. The van der Waals surface area contributed by atoms with Crippen LogP contribution in [0.3, 0.4) is 0 Å². The van der Waals surface area contributed by atoms with Crippen LogP contribution < -0.4 is 15.1 Å². The fraction of sp³-hybridized carbons (Fsp3) is 0.480. The molecule has 2 aliphatic rings. The van der Waals surface area contributed by atoms with E-state index in [2.05, 4.69) is 45.8 Å². The number of anilines is 2. The van der Waals surface area contributed by atoms with Gasteiger partial charge in [-0.1, -0.05) is 13.0 Å². The minimum absolute atomic E-state index is 0.0290. The third-order valence-corrected chi connectivity index (χ3v) is 6.88. The number of rotatable bonds is 7. The number of carbonyl (C=O) groups excluding carboxylic acids is 1. The van der Waals surface area contributed by atoms with Crippen LogP contribution in [0.1, 0.15) is 61.1 Å². The summed E-state index contributed by atoms with van der Waals surface area (Å²) < 4.78 is 2.07. The van der Waals surface area contributed by atoms with E-state index in [1.165, 1.54) is 0 Å². The zero-order chi connectivity index (χ0) is 23.8. The van der Waals surface area contributed by atoms with Gasteiger partial charge in [-0.25, -0.2) is 9.97 Å². The van der Waals surface area contributed by atoms with E-state index in [4.69, 9.17) is 9.97 Å². The molecule has 0 aliphatic carbocycles. The predicted octanol–water partition coefficient (Wildman–Crippen LogP) is 3.19. The first-order valence-electron chi connectivity index (χ1n) is 12.2. The lowest BCUT2D eigenvalue weighted by molar-refractivity contribution is 0.0996. The van der Waals surface area contributed by atoms with Gasteiger partial charge in [-0.05, 0) is 51.9 Å². The monoisotopic (exact) mass is 460 g/mol. The van der Waals surface area contributed by atoms with E-state index in [1.54, 1.807) is 4.90 Å². The summed E-state index contributed by atoms with van der Waals surface area (Å²) in [6, 6.07) is 8.15. The average molecular weight is 461 g/mol. The SMILES string of the molecule is CCc1nnc(-c2cccc(N3Cc4c(cc(N5CCCC5C)nc4CNC)C3=O)n2)n1CC. The van der Waals surface area contributed by atoms with Crippen molar-refractivity contribution in [2.45, 2.75) is 65.7 Å². The molecule has 0 radical (unpaired) electrons. The first-order chi connectivity index (χ1) is 16.5. The molecule has 178 valence electrons. The van der Waals surface area contributed by atoms with Crippen molar-refractivity contribution in [1.29, 1.82) is 0 Å². The lowest BCUT2D eigenvalue weighted by atomic mass is 10.1. The number of nitrogens with one attached hydrogen (secondary N) is 1. The van der Waals surface area contributed by atoms with Crippen LogP contribution in [0, 0.1) is 0 Å². The number of aromatic nitrogens is 5. The molecule has 9 heteroatoms. The summed E-state index contributed by atoms with van der Waals surface area (Å²) in [4.78, 5) is 27.5. The molecule has 9 nitrogen and oxygen atoms in total. The van der Waals surface area contributed by atoms with Crippen LogP contribution in [0.25, 0.3) is 11.5 Å². The van der Waals surface area contributed by atoms with E-state index in [-0.39, 0.29) is 5.91 Å². The summed E-state index contributed by atoms with van der Waals surface area (Å²) in [7, 11) is 1.91. The fourth-order valence-corrected chi connectivity index (χ4v) is 5.09. The van der Waals surface area contributed by atoms with Gasteiger partial charge in [-0.3, -0.25) is 9.69 Å². The smallest absolute Gasteiger partial charge is 0.260 e. The Morgan fingerprint density at radius 2 is 2.00 bits per heavy atom. The molecule has 5 heterocycles. The standard InChI is InChI=1S/C25H32N8O/c1-5-21-29-30-24(31(21)6-2)19-10-7-11-22(27-19)33-15-18-17(25(33)34)13-23(28-20(18)14-26-4)32-12-8-9-16(32)3/h7,10-11,13,16,26H,5-6,8-9,12,14-15H2,1-4H3. The minimum atomic E-state index is -0.0290. The number of aryl methyl sites for hydroxylation is 1. The summed E-state index contributed by atoms with van der Waals surface area (Å²) in [5.74, 6) is 3.15. The lowest BCUT2D eigenvalue weighted by Gasteiger charge is -2.24. The molecule has 1 unspecified atom stereocenters. The van der Waals surface area contributed by atoms with Gasteiger partial charge in [-0.15, -0.1) is 10.2 Å². The second-order valence-electron chi connectivity index (χ2n) is 8.98. The highest BCUT2D eigenvalue weighted by Crippen LogP contribution is 2.34. The number of hydrogen-bond acceptors (Lipinski definition) is 7. The summed E-state index contributed by atoms with van der Waals surface area (Å²) in [5, 5.41) is 11.9. The van der Waals surface area contributed by atoms with Crippen molar-refractivity contribution in [3.8, 4) is 11.5 Å². The van der Waals surface area contributed by atoms with Gasteiger partial charge >= 0.3 is 0 Å². The largest absolute Gasteiger partial charge is 0.354 e. The third kappa shape index (κ3) is 3.73. The second kappa shape index (κ2) is 9.13. The molecule has 0 bridgehead atoms. The molecule has 0 spiro atoms. The maximum absolute atomic E-state index is 13.6. The van der Waals surface area contributed by atoms with E-state index in [9.17, 15) is 4.79 Å². The lowest BCUT2D eigenvalue weighted by Crippen LogP contribution is -2.28. The summed E-state index contributed by atoms with van der Waals surface area (Å²) >= 11 is 0. The molecule has 2 aliphatic heterocycles. The predicted molar refractivity (Wildman–Crippen MR) is 132 cm³/mol.